The number of amides is 2. The summed E-state index contributed by atoms with van der Waals surface area (Å²) in [6.45, 7) is 3.19. The lowest BCUT2D eigenvalue weighted by Gasteiger charge is -2.36. The number of piperazine rings is 1. The van der Waals surface area contributed by atoms with Gasteiger partial charge in [0.25, 0.3) is 11.8 Å². The molecule has 2 heterocycles. The zero-order chi connectivity index (χ0) is 27.8. The van der Waals surface area contributed by atoms with E-state index < -0.39 is 18.6 Å². The molecule has 1 aliphatic heterocycles. The molecule has 1 N–H and O–H groups in total. The number of nitrogens with one attached hydrogen (secondary N) is 1. The fourth-order valence-corrected chi connectivity index (χ4v) is 4.06. The van der Waals surface area contributed by atoms with Gasteiger partial charge >= 0.3 is 6.18 Å². The molecule has 10 heteroatoms. The second-order valence-electron chi connectivity index (χ2n) is 8.80. The predicted octanol–water partition coefficient (Wildman–Crippen LogP) is 4.13. The van der Waals surface area contributed by atoms with Crippen LogP contribution in [-0.2, 0) is 0 Å². The maximum Gasteiger partial charge on any atom is 0.405 e. The summed E-state index contributed by atoms with van der Waals surface area (Å²) in [6.07, 6.45) is -1.33. The summed E-state index contributed by atoms with van der Waals surface area (Å²) in [4.78, 5) is 33.0. The summed E-state index contributed by atoms with van der Waals surface area (Å²) in [5.74, 6) is 5.95. The van der Waals surface area contributed by atoms with E-state index in [9.17, 15) is 22.8 Å². The Hall–Kier alpha value is -4.52. The van der Waals surface area contributed by atoms with Crippen LogP contribution in [-0.4, -0.2) is 67.2 Å². The highest BCUT2D eigenvalue weighted by molar-refractivity contribution is 5.95. The van der Waals surface area contributed by atoms with Gasteiger partial charge in [0.1, 0.15) is 12.3 Å². The summed E-state index contributed by atoms with van der Waals surface area (Å²) in [5.41, 5.74) is 2.84. The number of alkyl halides is 3. The van der Waals surface area contributed by atoms with E-state index in [0.29, 0.717) is 43.9 Å². The minimum Gasteiger partial charge on any atom is -0.494 e. The second-order valence-corrected chi connectivity index (χ2v) is 8.80. The third-order valence-electron chi connectivity index (χ3n) is 5.99. The molecule has 0 saturated carbocycles. The Morgan fingerprint density at radius 2 is 1.67 bits per heavy atom. The van der Waals surface area contributed by atoms with E-state index in [0.717, 1.165) is 17.0 Å². The molecule has 7 nitrogen and oxygen atoms in total. The smallest absolute Gasteiger partial charge is 0.405 e. The van der Waals surface area contributed by atoms with Crippen molar-refractivity contribution in [3.05, 3.63) is 89.2 Å². The molecule has 0 radical (unpaired) electrons. The van der Waals surface area contributed by atoms with Crippen molar-refractivity contribution in [1.82, 2.24) is 15.2 Å². The average Bonchev–Trinajstić information content (AvgIpc) is 2.95. The molecule has 2 amide bonds. The quantitative estimate of drug-likeness (QED) is 0.480. The number of nitrogens with zero attached hydrogens (tertiary/aromatic N) is 3. The summed E-state index contributed by atoms with van der Waals surface area (Å²) in [5, 5.41) is 1.86. The minimum atomic E-state index is -4.46. The van der Waals surface area contributed by atoms with Crippen LogP contribution in [0.25, 0.3) is 0 Å². The van der Waals surface area contributed by atoms with Crippen LogP contribution in [0.15, 0.2) is 67.0 Å². The summed E-state index contributed by atoms with van der Waals surface area (Å²) >= 11 is 0. The summed E-state index contributed by atoms with van der Waals surface area (Å²) in [6, 6.07) is 15.6. The fraction of sp³-hybridized carbons (Fsp3) is 0.276. The molecule has 0 bridgehead atoms. The molecule has 3 aromatic rings. The molecule has 0 aliphatic carbocycles. The first-order valence-corrected chi connectivity index (χ1v) is 12.4. The standard InChI is InChI=1S/C29H27F3N4O3/c1-2-39-26-5-3-4-21(17-26)6-7-22-16-24(19-33-18-22)28(38)36-14-12-35(13-15-36)25-10-8-23(9-11-25)27(37)34-20-29(30,31)32/h3-5,8-11,16-19H,2,12-15,20H2,1H3,(H,34,37). The summed E-state index contributed by atoms with van der Waals surface area (Å²) < 4.78 is 42.5. The molecular formula is C29H27F3N4O3. The number of benzene rings is 2. The van der Waals surface area contributed by atoms with Gasteiger partial charge in [-0.2, -0.15) is 13.2 Å². The number of carbonyl (C=O) groups excluding carboxylic acids is 2. The maximum absolute atomic E-state index is 13.1. The van der Waals surface area contributed by atoms with Gasteiger partial charge in [-0.05, 0) is 55.5 Å². The van der Waals surface area contributed by atoms with E-state index in [-0.39, 0.29) is 11.5 Å². The predicted molar refractivity (Wildman–Crippen MR) is 141 cm³/mol. The van der Waals surface area contributed by atoms with E-state index in [1.54, 1.807) is 29.3 Å². The minimum absolute atomic E-state index is 0.138. The highest BCUT2D eigenvalue weighted by Gasteiger charge is 2.28. The lowest BCUT2D eigenvalue weighted by atomic mass is 10.1. The number of aromatic nitrogens is 1. The SMILES string of the molecule is CCOc1cccc(C#Cc2cncc(C(=O)N3CCN(c4ccc(C(=O)NCC(F)(F)F)cc4)CC3)c2)c1. The fourth-order valence-electron chi connectivity index (χ4n) is 4.06. The van der Waals surface area contributed by atoms with Crippen molar-refractivity contribution in [2.24, 2.45) is 0 Å². The highest BCUT2D eigenvalue weighted by Crippen LogP contribution is 2.19. The molecule has 2 aromatic carbocycles. The highest BCUT2D eigenvalue weighted by atomic mass is 19.4. The van der Waals surface area contributed by atoms with Crippen LogP contribution in [0.1, 0.15) is 38.8 Å². The van der Waals surface area contributed by atoms with Crippen LogP contribution in [0, 0.1) is 11.8 Å². The number of halogens is 3. The van der Waals surface area contributed by atoms with Gasteiger partial charge in [0.15, 0.2) is 0 Å². The number of hydrogen-bond donors (Lipinski definition) is 1. The van der Waals surface area contributed by atoms with Gasteiger partial charge in [0.05, 0.1) is 12.2 Å². The third-order valence-corrected chi connectivity index (χ3v) is 5.99. The monoisotopic (exact) mass is 536 g/mol. The zero-order valence-electron chi connectivity index (χ0n) is 21.3. The normalized spacial score (nSPS) is 13.3. The van der Waals surface area contributed by atoms with Crippen molar-refractivity contribution in [3.8, 4) is 17.6 Å². The molecule has 1 aromatic heterocycles. The lowest BCUT2D eigenvalue weighted by molar-refractivity contribution is -0.123. The van der Waals surface area contributed by atoms with E-state index >= 15 is 0 Å². The maximum atomic E-state index is 13.1. The topological polar surface area (TPSA) is 74.8 Å². The molecule has 0 spiro atoms. The molecule has 0 atom stereocenters. The van der Waals surface area contributed by atoms with Gasteiger partial charge in [-0.15, -0.1) is 0 Å². The Morgan fingerprint density at radius 1 is 0.949 bits per heavy atom. The average molecular weight is 537 g/mol. The number of carbonyl (C=O) groups is 2. The van der Waals surface area contributed by atoms with Gasteiger partial charge < -0.3 is 19.9 Å². The Labute approximate surface area is 224 Å². The largest absolute Gasteiger partial charge is 0.494 e. The van der Waals surface area contributed by atoms with E-state index in [1.165, 1.54) is 18.3 Å². The Balaban J connectivity index is 1.33. The van der Waals surface area contributed by atoms with Gasteiger partial charge in [-0.1, -0.05) is 17.9 Å². The van der Waals surface area contributed by atoms with Crippen LogP contribution in [0.4, 0.5) is 18.9 Å². The molecule has 0 unspecified atom stereocenters. The van der Waals surface area contributed by atoms with Gasteiger partial charge in [0, 0.05) is 61.0 Å². The number of ether oxygens (including phenoxy) is 1. The molecular weight excluding hydrogens is 509 g/mol. The number of anilines is 1. The lowest BCUT2D eigenvalue weighted by Crippen LogP contribution is -2.48. The van der Waals surface area contributed by atoms with Crippen LogP contribution < -0.4 is 15.0 Å². The van der Waals surface area contributed by atoms with E-state index in [4.69, 9.17) is 4.74 Å². The summed E-state index contributed by atoms with van der Waals surface area (Å²) in [7, 11) is 0. The van der Waals surface area contributed by atoms with Gasteiger partial charge in [-0.3, -0.25) is 14.6 Å². The van der Waals surface area contributed by atoms with Crippen molar-refractivity contribution in [2.45, 2.75) is 13.1 Å². The first-order valence-electron chi connectivity index (χ1n) is 12.4. The first-order chi connectivity index (χ1) is 18.7. The van der Waals surface area contributed by atoms with E-state index in [2.05, 4.69) is 21.7 Å². The second kappa shape index (κ2) is 12.3. The van der Waals surface area contributed by atoms with Crippen molar-refractivity contribution < 1.29 is 27.5 Å². The van der Waals surface area contributed by atoms with Crippen molar-refractivity contribution >= 4 is 17.5 Å². The van der Waals surface area contributed by atoms with Gasteiger partial charge in [-0.25, -0.2) is 0 Å². The van der Waals surface area contributed by atoms with Crippen LogP contribution in [0.3, 0.4) is 0 Å². The Bertz CT molecular complexity index is 1370. The van der Waals surface area contributed by atoms with Crippen LogP contribution in [0.5, 0.6) is 5.75 Å². The molecule has 1 aliphatic rings. The number of hydrogen-bond acceptors (Lipinski definition) is 5. The molecule has 1 saturated heterocycles. The molecule has 39 heavy (non-hydrogen) atoms. The molecule has 202 valence electrons. The van der Waals surface area contributed by atoms with E-state index in [1.807, 2.05) is 36.5 Å². The molecule has 4 rings (SSSR count). The van der Waals surface area contributed by atoms with Crippen molar-refractivity contribution in [2.75, 3.05) is 44.2 Å². The van der Waals surface area contributed by atoms with Crippen molar-refractivity contribution in [3.63, 3.8) is 0 Å². The van der Waals surface area contributed by atoms with Crippen molar-refractivity contribution in [1.29, 1.82) is 0 Å². The van der Waals surface area contributed by atoms with Gasteiger partial charge in [0.2, 0.25) is 0 Å². The Kier molecular flexibility index (Phi) is 8.71. The first kappa shape index (κ1) is 27.5. The number of pyridine rings is 1. The zero-order valence-corrected chi connectivity index (χ0v) is 21.3. The third kappa shape index (κ3) is 7.74. The molecule has 1 fully saturated rings. The Morgan fingerprint density at radius 3 is 2.36 bits per heavy atom. The van der Waals surface area contributed by atoms with Crippen LogP contribution in [0.2, 0.25) is 0 Å². The van der Waals surface area contributed by atoms with Crippen LogP contribution >= 0.6 is 0 Å². The number of rotatable bonds is 6.